The van der Waals surface area contributed by atoms with Crippen LogP contribution in [-0.4, -0.2) is 6.43 Å². The van der Waals surface area contributed by atoms with Gasteiger partial charge < -0.3 is 0 Å². The van der Waals surface area contributed by atoms with Crippen LogP contribution < -0.4 is 0 Å². The monoisotopic (exact) mass is 183 g/mol. The van der Waals surface area contributed by atoms with Gasteiger partial charge in [0, 0.05) is 4.91 Å². The second-order valence-corrected chi connectivity index (χ2v) is 2.39. The highest BCUT2D eigenvalue weighted by Crippen LogP contribution is 2.24. The van der Waals surface area contributed by atoms with E-state index in [9.17, 15) is 8.78 Å². The Morgan fingerprint density at radius 1 is 1.23 bits per heavy atom. The van der Waals surface area contributed by atoms with E-state index >= 15 is 0 Å². The van der Waals surface area contributed by atoms with Crippen LogP contribution in [0.15, 0.2) is 35.4 Å². The average Bonchev–Trinajstić information content (AvgIpc) is 2.15. The maximum absolute atomic E-state index is 12.3. The van der Waals surface area contributed by atoms with E-state index in [1.165, 1.54) is 12.1 Å². The number of halogens is 2. The van der Waals surface area contributed by atoms with Gasteiger partial charge >= 0.3 is 0 Å². The van der Waals surface area contributed by atoms with Crippen LogP contribution in [0.5, 0.6) is 0 Å². The molecule has 0 saturated carbocycles. The number of hydrogen-bond donors (Lipinski definition) is 0. The zero-order valence-corrected chi connectivity index (χ0v) is 6.64. The zero-order chi connectivity index (χ0) is 9.68. The Labute approximate surface area is 73.6 Å². The van der Waals surface area contributed by atoms with Crippen molar-refractivity contribution in [3.63, 3.8) is 0 Å². The quantitative estimate of drug-likeness (QED) is 0.392. The van der Waals surface area contributed by atoms with Gasteiger partial charge in [0.05, 0.1) is 0 Å². The standard InChI is InChI=1S/C8H7F2N3/c9-8(10)7(12-13-11)6-4-2-1-3-5-6/h1-5,7-8H. The lowest BCUT2D eigenvalue weighted by Gasteiger charge is -2.08. The third-order valence-corrected chi connectivity index (χ3v) is 1.56. The first kappa shape index (κ1) is 9.48. The molecular formula is C8H7F2N3. The SMILES string of the molecule is [N-]=[N+]=NC(c1ccccc1)C(F)F. The van der Waals surface area contributed by atoms with Gasteiger partial charge in [0.1, 0.15) is 6.04 Å². The van der Waals surface area contributed by atoms with Crippen molar-refractivity contribution in [1.82, 2.24) is 0 Å². The van der Waals surface area contributed by atoms with E-state index in [1.54, 1.807) is 18.2 Å². The second-order valence-electron chi connectivity index (χ2n) is 2.39. The fourth-order valence-electron chi connectivity index (χ4n) is 0.968. The summed E-state index contributed by atoms with van der Waals surface area (Å²) in [5.41, 5.74) is 8.40. The van der Waals surface area contributed by atoms with Gasteiger partial charge in [-0.3, -0.25) is 0 Å². The molecule has 0 amide bonds. The van der Waals surface area contributed by atoms with Gasteiger partial charge in [-0.1, -0.05) is 35.4 Å². The third kappa shape index (κ3) is 2.42. The lowest BCUT2D eigenvalue weighted by Crippen LogP contribution is -2.05. The molecule has 1 aromatic rings. The summed E-state index contributed by atoms with van der Waals surface area (Å²) < 4.78 is 24.6. The summed E-state index contributed by atoms with van der Waals surface area (Å²) in [6.07, 6.45) is -2.67. The van der Waals surface area contributed by atoms with E-state index in [2.05, 4.69) is 10.0 Å². The van der Waals surface area contributed by atoms with Crippen LogP contribution in [-0.2, 0) is 0 Å². The van der Waals surface area contributed by atoms with Gasteiger partial charge in [-0.25, -0.2) is 8.78 Å². The molecule has 0 aliphatic rings. The lowest BCUT2D eigenvalue weighted by atomic mass is 10.1. The predicted molar refractivity (Wildman–Crippen MR) is 44.3 cm³/mol. The smallest absolute Gasteiger partial charge is 0.210 e. The fraction of sp³-hybridized carbons (Fsp3) is 0.250. The highest BCUT2D eigenvalue weighted by Gasteiger charge is 2.20. The molecule has 5 heteroatoms. The Morgan fingerprint density at radius 3 is 2.31 bits per heavy atom. The second kappa shape index (κ2) is 4.42. The third-order valence-electron chi connectivity index (χ3n) is 1.56. The van der Waals surface area contributed by atoms with Crippen LogP contribution in [0.25, 0.3) is 10.4 Å². The number of benzene rings is 1. The first-order chi connectivity index (χ1) is 6.25. The average molecular weight is 183 g/mol. The van der Waals surface area contributed by atoms with E-state index in [-0.39, 0.29) is 0 Å². The summed E-state index contributed by atoms with van der Waals surface area (Å²) in [5.74, 6) is 0. The fourth-order valence-corrected chi connectivity index (χ4v) is 0.968. The van der Waals surface area contributed by atoms with Crippen LogP contribution in [0, 0.1) is 0 Å². The van der Waals surface area contributed by atoms with Crippen LogP contribution in [0.2, 0.25) is 0 Å². The molecule has 0 N–H and O–H groups in total. The van der Waals surface area contributed by atoms with Crippen molar-refractivity contribution in [2.24, 2.45) is 5.11 Å². The number of rotatable bonds is 3. The molecule has 0 spiro atoms. The van der Waals surface area contributed by atoms with Crippen molar-refractivity contribution in [2.45, 2.75) is 12.5 Å². The number of hydrogen-bond acceptors (Lipinski definition) is 1. The number of nitrogens with zero attached hydrogens (tertiary/aromatic N) is 3. The summed E-state index contributed by atoms with van der Waals surface area (Å²) in [6.45, 7) is 0. The van der Waals surface area contributed by atoms with Crippen molar-refractivity contribution < 1.29 is 8.78 Å². The molecule has 0 fully saturated rings. The van der Waals surface area contributed by atoms with Crippen molar-refractivity contribution in [1.29, 1.82) is 0 Å². The van der Waals surface area contributed by atoms with Gasteiger partial charge in [0.2, 0.25) is 0 Å². The molecule has 1 rings (SSSR count). The van der Waals surface area contributed by atoms with E-state index in [1.807, 2.05) is 0 Å². The minimum atomic E-state index is -2.67. The molecule has 0 bridgehead atoms. The van der Waals surface area contributed by atoms with Gasteiger partial charge in [0.25, 0.3) is 6.43 Å². The molecule has 0 heterocycles. The highest BCUT2D eigenvalue weighted by molar-refractivity contribution is 5.19. The number of alkyl halides is 2. The molecule has 1 atom stereocenters. The van der Waals surface area contributed by atoms with E-state index in [4.69, 9.17) is 5.53 Å². The van der Waals surface area contributed by atoms with Crippen LogP contribution in [0.3, 0.4) is 0 Å². The molecule has 0 radical (unpaired) electrons. The maximum atomic E-state index is 12.3. The molecule has 1 aromatic carbocycles. The topological polar surface area (TPSA) is 48.8 Å². The molecule has 68 valence electrons. The van der Waals surface area contributed by atoms with Crippen molar-refractivity contribution in [2.75, 3.05) is 0 Å². The summed E-state index contributed by atoms with van der Waals surface area (Å²) >= 11 is 0. The minimum Gasteiger partial charge on any atom is -0.210 e. The molecule has 0 aromatic heterocycles. The Kier molecular flexibility index (Phi) is 3.23. The highest BCUT2D eigenvalue weighted by atomic mass is 19.3. The molecule has 3 nitrogen and oxygen atoms in total. The minimum absolute atomic E-state index is 0.329. The first-order valence-corrected chi connectivity index (χ1v) is 3.63. The van der Waals surface area contributed by atoms with Crippen LogP contribution in [0.4, 0.5) is 8.78 Å². The van der Waals surface area contributed by atoms with E-state index in [0.717, 1.165) is 0 Å². The Hall–Kier alpha value is -1.61. The van der Waals surface area contributed by atoms with Gasteiger partial charge in [0.15, 0.2) is 0 Å². The molecule has 13 heavy (non-hydrogen) atoms. The van der Waals surface area contributed by atoms with Crippen molar-refractivity contribution in [3.05, 3.63) is 46.3 Å². The summed E-state index contributed by atoms with van der Waals surface area (Å²) in [5, 5.41) is 3.02. The van der Waals surface area contributed by atoms with Gasteiger partial charge in [-0.2, -0.15) is 0 Å². The van der Waals surface area contributed by atoms with E-state index < -0.39 is 12.5 Å². The van der Waals surface area contributed by atoms with Gasteiger partial charge in [-0.15, -0.1) is 0 Å². The molecule has 0 aliphatic carbocycles. The molecule has 0 aliphatic heterocycles. The Balaban J connectivity index is 2.95. The lowest BCUT2D eigenvalue weighted by molar-refractivity contribution is 0.116. The summed E-state index contributed by atoms with van der Waals surface area (Å²) in [7, 11) is 0. The van der Waals surface area contributed by atoms with Crippen LogP contribution >= 0.6 is 0 Å². The summed E-state index contributed by atoms with van der Waals surface area (Å²) in [6, 6.07) is 6.58. The van der Waals surface area contributed by atoms with Gasteiger partial charge in [-0.05, 0) is 11.1 Å². The van der Waals surface area contributed by atoms with E-state index in [0.29, 0.717) is 5.56 Å². The zero-order valence-electron chi connectivity index (χ0n) is 6.64. The van der Waals surface area contributed by atoms with Crippen LogP contribution in [0.1, 0.15) is 11.6 Å². The Morgan fingerprint density at radius 2 is 1.85 bits per heavy atom. The maximum Gasteiger partial charge on any atom is 0.251 e. The van der Waals surface area contributed by atoms with Crippen molar-refractivity contribution >= 4 is 0 Å². The summed E-state index contributed by atoms with van der Waals surface area (Å²) in [4.78, 5) is 2.38. The molecule has 0 saturated heterocycles. The van der Waals surface area contributed by atoms with Crippen molar-refractivity contribution in [3.8, 4) is 0 Å². The normalized spacial score (nSPS) is 12.2. The molecule has 1 unspecified atom stereocenters. The number of azide groups is 1. The first-order valence-electron chi connectivity index (χ1n) is 3.63. The molecular weight excluding hydrogens is 176 g/mol. The predicted octanol–water partition coefficient (Wildman–Crippen LogP) is 3.30. The largest absolute Gasteiger partial charge is 0.251 e. The Bertz CT molecular complexity index is 306.